The minimum Gasteiger partial charge on any atom is -0.477 e. The summed E-state index contributed by atoms with van der Waals surface area (Å²) in [6.45, 7) is 1.97. The van der Waals surface area contributed by atoms with Gasteiger partial charge in [0.05, 0.1) is 5.52 Å². The van der Waals surface area contributed by atoms with Gasteiger partial charge in [0.25, 0.3) is 0 Å². The van der Waals surface area contributed by atoms with Gasteiger partial charge in [0.15, 0.2) is 11.6 Å². The molecule has 2 atom stereocenters. The van der Waals surface area contributed by atoms with Gasteiger partial charge in [0.2, 0.25) is 5.43 Å². The predicted molar refractivity (Wildman–Crippen MR) is 67.9 cm³/mol. The number of halogens is 2. The molecule has 0 saturated heterocycles. The fraction of sp³-hybridized carbons (Fsp3) is 0.286. The lowest BCUT2D eigenvalue weighted by molar-refractivity contribution is 0.0695. The van der Waals surface area contributed by atoms with E-state index in [9.17, 15) is 18.4 Å². The zero-order valence-corrected chi connectivity index (χ0v) is 10.6. The van der Waals surface area contributed by atoms with Crippen molar-refractivity contribution in [3.8, 4) is 0 Å². The number of rotatable bonds is 2. The second-order valence-electron chi connectivity index (χ2n) is 5.15. The van der Waals surface area contributed by atoms with Crippen LogP contribution in [0.25, 0.3) is 10.9 Å². The summed E-state index contributed by atoms with van der Waals surface area (Å²) in [5, 5.41) is 8.95. The van der Waals surface area contributed by atoms with Gasteiger partial charge in [-0.2, -0.15) is 0 Å². The van der Waals surface area contributed by atoms with E-state index in [2.05, 4.69) is 0 Å². The van der Waals surface area contributed by atoms with Crippen molar-refractivity contribution in [1.29, 1.82) is 0 Å². The number of nitrogens with zero attached hydrogens (tertiary/aromatic N) is 1. The molecule has 1 fully saturated rings. The molecule has 20 heavy (non-hydrogen) atoms. The SMILES string of the molecule is CC1CC1n1cc(C(=O)O)c(=O)c2cc(F)c(F)cc21. The van der Waals surface area contributed by atoms with Gasteiger partial charge < -0.3 is 9.67 Å². The first-order chi connectivity index (χ1) is 9.40. The van der Waals surface area contributed by atoms with Gasteiger partial charge >= 0.3 is 5.97 Å². The van der Waals surface area contributed by atoms with E-state index < -0.39 is 28.6 Å². The highest BCUT2D eigenvalue weighted by molar-refractivity contribution is 5.92. The van der Waals surface area contributed by atoms with Crippen molar-refractivity contribution in [3.63, 3.8) is 0 Å². The normalized spacial score (nSPS) is 21.1. The van der Waals surface area contributed by atoms with Gasteiger partial charge in [0, 0.05) is 23.7 Å². The quantitative estimate of drug-likeness (QED) is 0.919. The van der Waals surface area contributed by atoms with Crippen molar-refractivity contribution in [2.24, 2.45) is 5.92 Å². The Labute approximate surface area is 112 Å². The summed E-state index contributed by atoms with van der Waals surface area (Å²) in [7, 11) is 0. The molecule has 1 N–H and O–H groups in total. The van der Waals surface area contributed by atoms with Gasteiger partial charge in [-0.25, -0.2) is 13.6 Å². The van der Waals surface area contributed by atoms with Crippen LogP contribution in [0.1, 0.15) is 29.7 Å². The second kappa shape index (κ2) is 4.13. The number of hydrogen-bond donors (Lipinski definition) is 1. The van der Waals surface area contributed by atoms with Crippen molar-refractivity contribution in [2.75, 3.05) is 0 Å². The van der Waals surface area contributed by atoms with Gasteiger partial charge in [0.1, 0.15) is 5.56 Å². The Balaban J connectivity index is 2.41. The second-order valence-corrected chi connectivity index (χ2v) is 5.15. The molecule has 1 aromatic heterocycles. The molecular formula is C14H11F2NO3. The number of aromatic carboxylic acids is 1. The molecule has 1 aromatic carbocycles. The lowest BCUT2D eigenvalue weighted by atomic mass is 10.1. The first kappa shape index (κ1) is 12.8. The predicted octanol–water partition coefficient (Wildman–Crippen LogP) is 2.56. The van der Waals surface area contributed by atoms with E-state index in [-0.39, 0.29) is 16.9 Å². The zero-order chi connectivity index (χ0) is 14.6. The molecule has 104 valence electrons. The van der Waals surface area contributed by atoms with Gasteiger partial charge in [-0.05, 0) is 18.4 Å². The fourth-order valence-electron chi connectivity index (χ4n) is 2.46. The molecule has 1 aliphatic rings. The Kier molecular flexibility index (Phi) is 2.64. The molecule has 2 unspecified atom stereocenters. The molecule has 0 aliphatic heterocycles. The monoisotopic (exact) mass is 279 g/mol. The van der Waals surface area contributed by atoms with Crippen LogP contribution < -0.4 is 5.43 Å². The van der Waals surface area contributed by atoms with E-state index in [1.54, 1.807) is 4.57 Å². The highest BCUT2D eigenvalue weighted by Crippen LogP contribution is 2.44. The van der Waals surface area contributed by atoms with Crippen molar-refractivity contribution in [1.82, 2.24) is 4.57 Å². The summed E-state index contributed by atoms with van der Waals surface area (Å²) >= 11 is 0. The van der Waals surface area contributed by atoms with Crippen LogP contribution in [0.5, 0.6) is 0 Å². The highest BCUT2D eigenvalue weighted by atomic mass is 19.2. The maximum Gasteiger partial charge on any atom is 0.341 e. The number of hydrogen-bond acceptors (Lipinski definition) is 2. The summed E-state index contributed by atoms with van der Waals surface area (Å²) in [4.78, 5) is 23.1. The third-order valence-electron chi connectivity index (χ3n) is 3.73. The zero-order valence-electron chi connectivity index (χ0n) is 10.6. The van der Waals surface area contributed by atoms with Crippen LogP contribution >= 0.6 is 0 Å². The van der Waals surface area contributed by atoms with Crippen LogP contribution in [-0.2, 0) is 0 Å². The largest absolute Gasteiger partial charge is 0.477 e. The van der Waals surface area contributed by atoms with Crippen molar-refractivity contribution < 1.29 is 18.7 Å². The van der Waals surface area contributed by atoms with Gasteiger partial charge in [-0.1, -0.05) is 6.92 Å². The first-order valence-electron chi connectivity index (χ1n) is 6.17. The molecule has 2 aromatic rings. The first-order valence-corrected chi connectivity index (χ1v) is 6.17. The molecule has 1 heterocycles. The summed E-state index contributed by atoms with van der Waals surface area (Å²) < 4.78 is 28.3. The number of benzene rings is 1. The fourth-order valence-corrected chi connectivity index (χ4v) is 2.46. The number of carboxylic acid groups (broad SMARTS) is 1. The van der Waals surface area contributed by atoms with E-state index in [0.717, 1.165) is 18.6 Å². The van der Waals surface area contributed by atoms with Crippen LogP contribution in [-0.4, -0.2) is 15.6 Å². The maximum absolute atomic E-state index is 13.4. The van der Waals surface area contributed by atoms with E-state index in [4.69, 9.17) is 5.11 Å². The maximum atomic E-state index is 13.4. The molecule has 0 bridgehead atoms. The third-order valence-corrected chi connectivity index (χ3v) is 3.73. The standard InChI is InChI=1S/C14H11F2NO3/c1-6-2-11(6)17-5-8(14(19)20)13(18)7-3-9(15)10(16)4-12(7)17/h3-6,11H,2H2,1H3,(H,19,20). The molecule has 1 aliphatic carbocycles. The highest BCUT2D eigenvalue weighted by Gasteiger charge is 2.35. The molecule has 4 nitrogen and oxygen atoms in total. The van der Waals surface area contributed by atoms with Crippen LogP contribution in [0.3, 0.4) is 0 Å². The lowest BCUT2D eigenvalue weighted by Crippen LogP contribution is -2.19. The topological polar surface area (TPSA) is 59.3 Å². The summed E-state index contributed by atoms with van der Waals surface area (Å²) in [5.41, 5.74) is -0.994. The summed E-state index contributed by atoms with van der Waals surface area (Å²) in [5.74, 6) is -3.27. The van der Waals surface area contributed by atoms with Crippen LogP contribution in [0.15, 0.2) is 23.1 Å². The van der Waals surface area contributed by atoms with E-state index >= 15 is 0 Å². The van der Waals surface area contributed by atoms with Crippen LogP contribution in [0.4, 0.5) is 8.78 Å². The Morgan fingerprint density at radius 2 is 1.95 bits per heavy atom. The molecule has 3 rings (SSSR count). The van der Waals surface area contributed by atoms with Crippen molar-refractivity contribution >= 4 is 16.9 Å². The van der Waals surface area contributed by atoms with Gasteiger partial charge in [-0.3, -0.25) is 4.79 Å². The smallest absolute Gasteiger partial charge is 0.341 e. The molecule has 0 amide bonds. The Hall–Kier alpha value is -2.24. The summed E-state index contributed by atoms with van der Waals surface area (Å²) in [6.07, 6.45) is 2.04. The molecular weight excluding hydrogens is 268 g/mol. The minimum atomic E-state index is -1.37. The van der Waals surface area contributed by atoms with Crippen molar-refractivity contribution in [2.45, 2.75) is 19.4 Å². The number of aromatic nitrogens is 1. The average molecular weight is 279 g/mol. The minimum absolute atomic E-state index is 0.0149. The third kappa shape index (κ3) is 1.79. The summed E-state index contributed by atoms with van der Waals surface area (Å²) in [6, 6.07) is 1.73. The van der Waals surface area contributed by atoms with E-state index in [0.29, 0.717) is 5.92 Å². The number of pyridine rings is 1. The molecule has 6 heteroatoms. The lowest BCUT2D eigenvalue weighted by Gasteiger charge is -2.12. The Bertz CT molecular complexity index is 797. The average Bonchev–Trinajstić information content (AvgIpc) is 3.09. The number of carboxylic acids is 1. The van der Waals surface area contributed by atoms with Crippen LogP contribution in [0.2, 0.25) is 0 Å². The Morgan fingerprint density at radius 1 is 1.35 bits per heavy atom. The van der Waals surface area contributed by atoms with Gasteiger partial charge in [-0.15, -0.1) is 0 Å². The van der Waals surface area contributed by atoms with E-state index in [1.807, 2.05) is 6.92 Å². The number of fused-ring (bicyclic) bond motifs is 1. The molecule has 0 spiro atoms. The molecule has 0 radical (unpaired) electrons. The Morgan fingerprint density at radius 3 is 2.50 bits per heavy atom. The molecule has 1 saturated carbocycles. The van der Waals surface area contributed by atoms with E-state index in [1.165, 1.54) is 6.20 Å². The van der Waals surface area contributed by atoms with Crippen molar-refractivity contribution in [3.05, 3.63) is 45.8 Å². The number of carbonyl (C=O) groups is 1. The van der Waals surface area contributed by atoms with Crippen LogP contribution in [0, 0.1) is 17.6 Å².